The van der Waals surface area contributed by atoms with Gasteiger partial charge in [-0.1, -0.05) is 6.07 Å². The van der Waals surface area contributed by atoms with Gasteiger partial charge in [-0.15, -0.1) is 0 Å². The van der Waals surface area contributed by atoms with Crippen LogP contribution in [0.4, 0.5) is 5.69 Å². The second-order valence-corrected chi connectivity index (χ2v) is 4.81. The van der Waals surface area contributed by atoms with E-state index in [1.165, 1.54) is 6.20 Å². The van der Waals surface area contributed by atoms with Gasteiger partial charge in [0.05, 0.1) is 5.52 Å². The molecule has 0 spiro atoms. The largest absolute Gasteiger partial charge is 0.358 e. The molecule has 3 N–H and O–H groups in total. The number of aromatic nitrogens is 3. The molecule has 0 saturated heterocycles. The molecule has 0 radical (unpaired) electrons. The first kappa shape index (κ1) is 13.9. The van der Waals surface area contributed by atoms with E-state index in [0.717, 1.165) is 10.9 Å². The van der Waals surface area contributed by atoms with E-state index in [1.807, 2.05) is 35.0 Å². The Labute approximate surface area is 126 Å². The number of anilines is 1. The third kappa shape index (κ3) is 2.69. The van der Waals surface area contributed by atoms with Gasteiger partial charge in [-0.05, 0) is 29.7 Å². The summed E-state index contributed by atoms with van der Waals surface area (Å²) in [6.45, 7) is 0.234. The standard InChI is InChI=1S/C15H15N5O2/c1-16-14(21)9-20-7-5-10-2-3-11(8-13(10)20)18-15(22)12-4-6-17-19-12/h2-8H,9H2,1H3,(H,16,21)(H,17,19)(H,18,22). The zero-order chi connectivity index (χ0) is 15.5. The Morgan fingerprint density at radius 3 is 2.86 bits per heavy atom. The quantitative estimate of drug-likeness (QED) is 0.679. The summed E-state index contributed by atoms with van der Waals surface area (Å²) in [5, 5.41) is 12.8. The molecule has 0 fully saturated rings. The number of likely N-dealkylation sites (N-methyl/N-ethyl adjacent to an activating group) is 1. The summed E-state index contributed by atoms with van der Waals surface area (Å²) in [5.41, 5.74) is 1.93. The number of rotatable bonds is 4. The molecule has 0 bridgehead atoms. The van der Waals surface area contributed by atoms with Gasteiger partial charge in [0.2, 0.25) is 5.91 Å². The second kappa shape index (κ2) is 5.72. The lowest BCUT2D eigenvalue weighted by atomic mass is 10.2. The number of benzene rings is 1. The smallest absolute Gasteiger partial charge is 0.273 e. The first-order chi connectivity index (χ1) is 10.7. The number of nitrogens with zero attached hydrogens (tertiary/aromatic N) is 2. The number of carbonyl (C=O) groups excluding carboxylic acids is 2. The highest BCUT2D eigenvalue weighted by Crippen LogP contribution is 2.21. The molecular formula is C15H15N5O2. The number of amides is 2. The Bertz CT molecular complexity index is 820. The minimum Gasteiger partial charge on any atom is -0.358 e. The van der Waals surface area contributed by atoms with Crippen LogP contribution in [0.5, 0.6) is 0 Å². The maximum Gasteiger partial charge on any atom is 0.273 e. The lowest BCUT2D eigenvalue weighted by molar-refractivity contribution is -0.121. The highest BCUT2D eigenvalue weighted by molar-refractivity contribution is 6.03. The van der Waals surface area contributed by atoms with Crippen LogP contribution in [-0.2, 0) is 11.3 Å². The van der Waals surface area contributed by atoms with Crippen LogP contribution in [0.2, 0.25) is 0 Å². The summed E-state index contributed by atoms with van der Waals surface area (Å²) < 4.78 is 1.83. The Kier molecular flexibility index (Phi) is 3.61. The Morgan fingerprint density at radius 1 is 1.27 bits per heavy atom. The summed E-state index contributed by atoms with van der Waals surface area (Å²) in [6, 6.07) is 9.09. The molecule has 0 aliphatic rings. The van der Waals surface area contributed by atoms with Crippen molar-refractivity contribution in [1.82, 2.24) is 20.1 Å². The fourth-order valence-electron chi connectivity index (χ4n) is 2.21. The van der Waals surface area contributed by atoms with Crippen LogP contribution in [0.3, 0.4) is 0 Å². The molecule has 22 heavy (non-hydrogen) atoms. The van der Waals surface area contributed by atoms with E-state index in [4.69, 9.17) is 0 Å². The summed E-state index contributed by atoms with van der Waals surface area (Å²) in [4.78, 5) is 23.5. The average Bonchev–Trinajstić information content (AvgIpc) is 3.17. The van der Waals surface area contributed by atoms with Gasteiger partial charge < -0.3 is 15.2 Å². The monoisotopic (exact) mass is 297 g/mol. The fraction of sp³-hybridized carbons (Fsp3) is 0.133. The number of H-pyrrole nitrogens is 1. The van der Waals surface area contributed by atoms with Gasteiger partial charge in [-0.2, -0.15) is 5.10 Å². The Balaban J connectivity index is 1.86. The summed E-state index contributed by atoms with van der Waals surface area (Å²) in [5.74, 6) is -0.342. The van der Waals surface area contributed by atoms with E-state index in [0.29, 0.717) is 11.4 Å². The second-order valence-electron chi connectivity index (χ2n) is 4.81. The third-order valence-electron chi connectivity index (χ3n) is 3.37. The van der Waals surface area contributed by atoms with Crippen molar-refractivity contribution in [2.75, 3.05) is 12.4 Å². The molecule has 0 saturated carbocycles. The number of hydrogen-bond acceptors (Lipinski definition) is 3. The topological polar surface area (TPSA) is 91.8 Å². The molecule has 7 nitrogen and oxygen atoms in total. The van der Waals surface area contributed by atoms with E-state index >= 15 is 0 Å². The molecular weight excluding hydrogens is 282 g/mol. The van der Waals surface area contributed by atoms with Crippen molar-refractivity contribution < 1.29 is 9.59 Å². The number of nitrogens with one attached hydrogen (secondary N) is 3. The minimum atomic E-state index is -0.263. The normalized spacial score (nSPS) is 10.6. The average molecular weight is 297 g/mol. The van der Waals surface area contributed by atoms with Crippen molar-refractivity contribution in [2.45, 2.75) is 6.54 Å². The molecule has 3 rings (SSSR count). The van der Waals surface area contributed by atoms with Gasteiger partial charge in [0, 0.05) is 25.1 Å². The van der Waals surface area contributed by atoms with E-state index in [1.54, 1.807) is 13.1 Å². The molecule has 112 valence electrons. The van der Waals surface area contributed by atoms with E-state index in [9.17, 15) is 9.59 Å². The lowest BCUT2D eigenvalue weighted by Gasteiger charge is -2.07. The van der Waals surface area contributed by atoms with Gasteiger partial charge in [0.1, 0.15) is 12.2 Å². The van der Waals surface area contributed by atoms with Crippen LogP contribution >= 0.6 is 0 Å². The summed E-state index contributed by atoms with van der Waals surface area (Å²) in [7, 11) is 1.60. The van der Waals surface area contributed by atoms with Crippen molar-refractivity contribution >= 4 is 28.4 Å². The first-order valence-corrected chi connectivity index (χ1v) is 6.77. The van der Waals surface area contributed by atoms with Crippen LogP contribution in [0, 0.1) is 0 Å². The van der Waals surface area contributed by atoms with Gasteiger partial charge in [0.25, 0.3) is 5.91 Å². The predicted octanol–water partition coefficient (Wildman–Crippen LogP) is 1.36. The lowest BCUT2D eigenvalue weighted by Crippen LogP contribution is -2.23. The van der Waals surface area contributed by atoms with Crippen LogP contribution in [-0.4, -0.2) is 33.6 Å². The zero-order valence-electron chi connectivity index (χ0n) is 12.0. The summed E-state index contributed by atoms with van der Waals surface area (Å²) >= 11 is 0. The maximum atomic E-state index is 12.0. The van der Waals surface area contributed by atoms with Crippen LogP contribution in [0.1, 0.15) is 10.5 Å². The van der Waals surface area contributed by atoms with Gasteiger partial charge in [-0.3, -0.25) is 14.7 Å². The Morgan fingerprint density at radius 2 is 2.14 bits per heavy atom. The van der Waals surface area contributed by atoms with Crippen LogP contribution in [0.15, 0.2) is 42.7 Å². The number of hydrogen-bond donors (Lipinski definition) is 3. The molecule has 0 unspecified atom stereocenters. The van der Waals surface area contributed by atoms with Crippen molar-refractivity contribution in [2.24, 2.45) is 0 Å². The predicted molar refractivity (Wildman–Crippen MR) is 82.5 cm³/mol. The van der Waals surface area contributed by atoms with Crippen LogP contribution < -0.4 is 10.6 Å². The maximum absolute atomic E-state index is 12.0. The van der Waals surface area contributed by atoms with Crippen LogP contribution in [0.25, 0.3) is 10.9 Å². The molecule has 1 aromatic carbocycles. The van der Waals surface area contributed by atoms with Gasteiger partial charge in [0.15, 0.2) is 0 Å². The van der Waals surface area contributed by atoms with Crippen molar-refractivity contribution in [3.63, 3.8) is 0 Å². The molecule has 0 aliphatic heterocycles. The highest BCUT2D eigenvalue weighted by Gasteiger charge is 2.09. The SMILES string of the molecule is CNC(=O)Cn1ccc2ccc(NC(=O)c3ccn[nH]3)cc21. The van der Waals surface area contributed by atoms with Crippen molar-refractivity contribution in [3.05, 3.63) is 48.4 Å². The third-order valence-corrected chi connectivity index (χ3v) is 3.37. The number of carbonyl (C=O) groups is 2. The molecule has 7 heteroatoms. The fourth-order valence-corrected chi connectivity index (χ4v) is 2.21. The number of aromatic amines is 1. The van der Waals surface area contributed by atoms with Crippen molar-refractivity contribution in [1.29, 1.82) is 0 Å². The van der Waals surface area contributed by atoms with Gasteiger partial charge >= 0.3 is 0 Å². The minimum absolute atomic E-state index is 0.0793. The Hall–Kier alpha value is -3.09. The van der Waals surface area contributed by atoms with Gasteiger partial charge in [-0.25, -0.2) is 0 Å². The highest BCUT2D eigenvalue weighted by atomic mass is 16.2. The molecule has 2 heterocycles. The zero-order valence-corrected chi connectivity index (χ0v) is 12.0. The summed E-state index contributed by atoms with van der Waals surface area (Å²) in [6.07, 6.45) is 3.37. The van der Waals surface area contributed by atoms with E-state index in [2.05, 4.69) is 20.8 Å². The number of fused-ring (bicyclic) bond motifs is 1. The van der Waals surface area contributed by atoms with Crippen molar-refractivity contribution in [3.8, 4) is 0 Å². The molecule has 0 aliphatic carbocycles. The van der Waals surface area contributed by atoms with E-state index in [-0.39, 0.29) is 18.4 Å². The molecule has 3 aromatic rings. The van der Waals surface area contributed by atoms with E-state index < -0.39 is 0 Å². The first-order valence-electron chi connectivity index (χ1n) is 6.77. The molecule has 0 atom stereocenters. The molecule has 2 amide bonds. The molecule has 2 aromatic heterocycles.